The van der Waals surface area contributed by atoms with Crippen LogP contribution in [0.25, 0.3) is 0 Å². The maximum atomic E-state index is 11.4. The number of hydrogen-bond donors (Lipinski definition) is 2. The molecule has 0 heterocycles. The summed E-state index contributed by atoms with van der Waals surface area (Å²) in [5.41, 5.74) is 7.09. The average Bonchev–Trinajstić information content (AvgIpc) is 2.31. The summed E-state index contributed by atoms with van der Waals surface area (Å²) in [6.07, 6.45) is 1.95. The van der Waals surface area contributed by atoms with Crippen molar-refractivity contribution in [2.45, 2.75) is 33.1 Å². The van der Waals surface area contributed by atoms with Crippen LogP contribution in [0.4, 0.5) is 0 Å². The molecule has 94 valence electrons. The Balaban J connectivity index is 2.92. The molecular weight excluding hydrogens is 214 g/mol. The average molecular weight is 235 g/mol. The molecule has 0 saturated carbocycles. The summed E-state index contributed by atoms with van der Waals surface area (Å²) in [4.78, 5) is 11.4. The highest BCUT2D eigenvalue weighted by molar-refractivity contribution is 5.75. The van der Waals surface area contributed by atoms with E-state index in [9.17, 15) is 9.90 Å². The van der Waals surface area contributed by atoms with Crippen LogP contribution in [0.5, 0.6) is 0 Å². The monoisotopic (exact) mass is 235 g/mol. The third kappa shape index (κ3) is 3.30. The van der Waals surface area contributed by atoms with Gasteiger partial charge in [0.2, 0.25) is 0 Å². The van der Waals surface area contributed by atoms with Crippen molar-refractivity contribution >= 4 is 5.97 Å². The van der Waals surface area contributed by atoms with Gasteiger partial charge < -0.3 is 10.8 Å². The smallest absolute Gasteiger partial charge is 0.311 e. The van der Waals surface area contributed by atoms with Gasteiger partial charge in [-0.3, -0.25) is 4.79 Å². The fourth-order valence-electron chi connectivity index (χ4n) is 2.11. The topological polar surface area (TPSA) is 63.3 Å². The second kappa shape index (κ2) is 5.82. The van der Waals surface area contributed by atoms with E-state index in [0.29, 0.717) is 12.8 Å². The molecule has 1 unspecified atom stereocenters. The van der Waals surface area contributed by atoms with Crippen LogP contribution < -0.4 is 5.73 Å². The molecule has 1 aromatic rings. The minimum absolute atomic E-state index is 0.185. The minimum atomic E-state index is -0.815. The third-order valence-corrected chi connectivity index (χ3v) is 3.24. The first-order valence-corrected chi connectivity index (χ1v) is 6.03. The Morgan fingerprint density at radius 1 is 1.35 bits per heavy atom. The molecule has 1 rings (SSSR count). The van der Waals surface area contributed by atoms with E-state index in [1.807, 2.05) is 38.1 Å². The molecule has 0 spiro atoms. The Morgan fingerprint density at radius 3 is 2.35 bits per heavy atom. The van der Waals surface area contributed by atoms with Crippen molar-refractivity contribution in [1.82, 2.24) is 0 Å². The fraction of sp³-hybridized carbons (Fsp3) is 0.500. The molecule has 17 heavy (non-hydrogen) atoms. The number of carboxylic acids is 1. The number of nitrogens with two attached hydrogens (primary N) is 1. The quantitative estimate of drug-likeness (QED) is 0.795. The third-order valence-electron chi connectivity index (χ3n) is 3.24. The molecule has 0 aliphatic rings. The largest absolute Gasteiger partial charge is 0.481 e. The highest BCUT2D eigenvalue weighted by Crippen LogP contribution is 2.28. The van der Waals surface area contributed by atoms with Crippen LogP contribution in [0, 0.1) is 12.3 Å². The number of benzene rings is 1. The lowest BCUT2D eigenvalue weighted by molar-refractivity contribution is -0.148. The number of aryl methyl sites for hydroxylation is 1. The second-order valence-corrected chi connectivity index (χ2v) is 4.70. The van der Waals surface area contributed by atoms with Gasteiger partial charge in [-0.05, 0) is 25.3 Å². The Labute approximate surface area is 103 Å². The molecule has 0 bridgehead atoms. The summed E-state index contributed by atoms with van der Waals surface area (Å²) in [7, 11) is 0. The standard InChI is InChI=1S/C14H21NO2/c1-3-8-14(10-15,13(16)17)9-12-6-4-11(2)5-7-12/h4-7H,3,8-10,15H2,1-2H3,(H,16,17). The molecule has 0 aliphatic carbocycles. The first-order valence-electron chi connectivity index (χ1n) is 6.03. The summed E-state index contributed by atoms with van der Waals surface area (Å²) in [5.74, 6) is -0.789. The number of aliphatic carboxylic acids is 1. The van der Waals surface area contributed by atoms with E-state index in [0.717, 1.165) is 12.0 Å². The number of carboxylic acid groups (broad SMARTS) is 1. The molecular formula is C14H21NO2. The summed E-state index contributed by atoms with van der Waals surface area (Å²) in [6, 6.07) is 7.98. The van der Waals surface area contributed by atoms with Gasteiger partial charge in [0.05, 0.1) is 5.41 Å². The molecule has 1 atom stereocenters. The van der Waals surface area contributed by atoms with Crippen molar-refractivity contribution in [1.29, 1.82) is 0 Å². The predicted octanol–water partition coefficient (Wildman–Crippen LogP) is 2.37. The van der Waals surface area contributed by atoms with Crippen LogP contribution in [-0.4, -0.2) is 17.6 Å². The van der Waals surface area contributed by atoms with Gasteiger partial charge >= 0.3 is 5.97 Å². The maximum absolute atomic E-state index is 11.4. The van der Waals surface area contributed by atoms with E-state index in [2.05, 4.69) is 0 Å². The SMILES string of the molecule is CCCC(CN)(Cc1ccc(C)cc1)C(=O)O. The van der Waals surface area contributed by atoms with Crippen LogP contribution in [0.2, 0.25) is 0 Å². The Bertz CT molecular complexity index is 372. The molecule has 0 fully saturated rings. The van der Waals surface area contributed by atoms with Gasteiger partial charge in [-0.15, -0.1) is 0 Å². The van der Waals surface area contributed by atoms with Gasteiger partial charge in [0.15, 0.2) is 0 Å². The molecule has 3 N–H and O–H groups in total. The van der Waals surface area contributed by atoms with Gasteiger partial charge in [-0.2, -0.15) is 0 Å². The van der Waals surface area contributed by atoms with Gasteiger partial charge in [0, 0.05) is 6.54 Å². The molecule has 0 radical (unpaired) electrons. The molecule has 1 aromatic carbocycles. The second-order valence-electron chi connectivity index (χ2n) is 4.70. The Hall–Kier alpha value is -1.35. The van der Waals surface area contributed by atoms with E-state index in [1.54, 1.807) is 0 Å². The highest BCUT2D eigenvalue weighted by Gasteiger charge is 2.36. The number of carbonyl (C=O) groups is 1. The van der Waals surface area contributed by atoms with Crippen molar-refractivity contribution < 1.29 is 9.90 Å². The van der Waals surface area contributed by atoms with Crippen molar-refractivity contribution in [2.75, 3.05) is 6.54 Å². The molecule has 0 aliphatic heterocycles. The van der Waals surface area contributed by atoms with Gasteiger partial charge in [0.25, 0.3) is 0 Å². The van der Waals surface area contributed by atoms with Gasteiger partial charge in [-0.25, -0.2) is 0 Å². The lowest BCUT2D eigenvalue weighted by Gasteiger charge is -2.27. The number of rotatable bonds is 6. The Kier molecular flexibility index (Phi) is 4.70. The highest BCUT2D eigenvalue weighted by atomic mass is 16.4. The first-order chi connectivity index (χ1) is 8.04. The molecule has 0 amide bonds. The first kappa shape index (κ1) is 13.7. The predicted molar refractivity (Wildman–Crippen MR) is 68.9 cm³/mol. The molecule has 0 saturated heterocycles. The molecule has 0 aromatic heterocycles. The maximum Gasteiger partial charge on any atom is 0.311 e. The van der Waals surface area contributed by atoms with E-state index in [4.69, 9.17) is 5.73 Å². The minimum Gasteiger partial charge on any atom is -0.481 e. The molecule has 3 heteroatoms. The van der Waals surface area contributed by atoms with Crippen molar-refractivity contribution in [2.24, 2.45) is 11.1 Å². The zero-order chi connectivity index (χ0) is 12.9. The number of hydrogen-bond acceptors (Lipinski definition) is 2. The molecule has 3 nitrogen and oxygen atoms in total. The van der Waals surface area contributed by atoms with E-state index < -0.39 is 11.4 Å². The van der Waals surface area contributed by atoms with Crippen LogP contribution in [0.15, 0.2) is 24.3 Å². The summed E-state index contributed by atoms with van der Waals surface area (Å²) >= 11 is 0. The summed E-state index contributed by atoms with van der Waals surface area (Å²) < 4.78 is 0. The zero-order valence-electron chi connectivity index (χ0n) is 10.6. The van der Waals surface area contributed by atoms with Gasteiger partial charge in [0.1, 0.15) is 0 Å². The van der Waals surface area contributed by atoms with Crippen LogP contribution in [-0.2, 0) is 11.2 Å². The lowest BCUT2D eigenvalue weighted by atomic mass is 9.78. The van der Waals surface area contributed by atoms with Crippen LogP contribution in [0.1, 0.15) is 30.9 Å². The van der Waals surface area contributed by atoms with Crippen LogP contribution >= 0.6 is 0 Å². The van der Waals surface area contributed by atoms with Crippen molar-refractivity contribution in [3.63, 3.8) is 0 Å². The fourth-order valence-corrected chi connectivity index (χ4v) is 2.11. The van der Waals surface area contributed by atoms with Crippen molar-refractivity contribution in [3.05, 3.63) is 35.4 Å². The lowest BCUT2D eigenvalue weighted by Crippen LogP contribution is -2.40. The van der Waals surface area contributed by atoms with Crippen molar-refractivity contribution in [3.8, 4) is 0 Å². The zero-order valence-corrected chi connectivity index (χ0v) is 10.6. The van der Waals surface area contributed by atoms with Crippen LogP contribution in [0.3, 0.4) is 0 Å². The van der Waals surface area contributed by atoms with Gasteiger partial charge in [-0.1, -0.05) is 43.2 Å². The van der Waals surface area contributed by atoms with E-state index in [1.165, 1.54) is 5.56 Å². The van der Waals surface area contributed by atoms with E-state index in [-0.39, 0.29) is 6.54 Å². The summed E-state index contributed by atoms with van der Waals surface area (Å²) in [6.45, 7) is 4.19. The normalized spacial score (nSPS) is 14.3. The Morgan fingerprint density at radius 2 is 1.94 bits per heavy atom. The van der Waals surface area contributed by atoms with E-state index >= 15 is 0 Å². The summed E-state index contributed by atoms with van der Waals surface area (Å²) in [5, 5.41) is 9.39.